The maximum Gasteiger partial charge on any atom is 0.301 e. The van der Waals surface area contributed by atoms with E-state index in [1.807, 2.05) is 73.7 Å². The average Bonchev–Trinajstić information content (AvgIpc) is 3.80. The molecular formula is C37H31N5O5S2. The maximum atomic E-state index is 14.0. The zero-order chi connectivity index (χ0) is 33.9. The van der Waals surface area contributed by atoms with Crippen LogP contribution < -0.4 is 14.4 Å². The molecule has 1 fully saturated rings. The van der Waals surface area contributed by atoms with Crippen molar-refractivity contribution >= 4 is 51.3 Å². The maximum absolute atomic E-state index is 14.0. The van der Waals surface area contributed by atoms with Crippen LogP contribution in [0.2, 0.25) is 0 Å². The molecule has 3 aromatic heterocycles. The first kappa shape index (κ1) is 32.1. The van der Waals surface area contributed by atoms with Crippen molar-refractivity contribution in [3.05, 3.63) is 137 Å². The molecule has 6 aromatic rings. The van der Waals surface area contributed by atoms with Crippen molar-refractivity contribution < 1.29 is 24.2 Å². The average molecular weight is 690 g/mol. The van der Waals surface area contributed by atoms with Crippen molar-refractivity contribution in [2.75, 3.05) is 11.5 Å². The molecule has 49 heavy (non-hydrogen) atoms. The summed E-state index contributed by atoms with van der Waals surface area (Å²) in [5.41, 5.74) is 3.96. The van der Waals surface area contributed by atoms with Gasteiger partial charge in [-0.15, -0.1) is 10.2 Å². The molecule has 3 aromatic carbocycles. The molecule has 1 atom stereocenters. The van der Waals surface area contributed by atoms with Crippen molar-refractivity contribution in [3.63, 3.8) is 0 Å². The Balaban J connectivity index is 1.32. The van der Waals surface area contributed by atoms with Crippen LogP contribution >= 0.6 is 23.1 Å². The number of fused-ring (bicyclic) bond motifs is 1. The number of imidazole rings is 1. The van der Waals surface area contributed by atoms with Crippen molar-refractivity contribution in [2.24, 2.45) is 0 Å². The second-order valence-electron chi connectivity index (χ2n) is 11.2. The summed E-state index contributed by atoms with van der Waals surface area (Å²) >= 11 is 2.70. The summed E-state index contributed by atoms with van der Waals surface area (Å²) in [6, 6.07) is 29.4. The van der Waals surface area contributed by atoms with Gasteiger partial charge >= 0.3 is 5.91 Å². The standard InChI is InChI=1S/C37H31N5O5S2/c1-3-46-28-20-26(17-18-27(28)47-21-24-12-6-4-7-13-24)32-30(33(43)31-23(2)38-29-16-10-11-19-41(29)31)34(44)35(45)42(32)36-39-40-37(49-36)48-22-25-14-8-5-9-15-25/h4-20,32,43H,3,21-22H2,1-2H3. The van der Waals surface area contributed by atoms with Crippen molar-refractivity contribution in [2.45, 2.75) is 36.6 Å². The Morgan fingerprint density at radius 1 is 0.898 bits per heavy atom. The molecule has 10 nitrogen and oxygen atoms in total. The van der Waals surface area contributed by atoms with Crippen LogP contribution in [0.25, 0.3) is 11.4 Å². The minimum absolute atomic E-state index is 0.0900. The highest BCUT2D eigenvalue weighted by Gasteiger charge is 2.49. The second kappa shape index (κ2) is 14.0. The number of hydrogen-bond acceptors (Lipinski definition) is 10. The van der Waals surface area contributed by atoms with Gasteiger partial charge in [-0.3, -0.25) is 18.9 Å². The summed E-state index contributed by atoms with van der Waals surface area (Å²) in [6.45, 7) is 4.29. The Labute approximate surface area is 290 Å². The lowest BCUT2D eigenvalue weighted by atomic mass is 9.96. The minimum Gasteiger partial charge on any atom is -0.505 e. The summed E-state index contributed by atoms with van der Waals surface area (Å²) in [4.78, 5) is 33.8. The molecule has 1 amide bonds. The van der Waals surface area contributed by atoms with E-state index in [-0.39, 0.29) is 16.5 Å². The molecule has 4 heterocycles. The molecule has 0 spiro atoms. The van der Waals surface area contributed by atoms with Gasteiger partial charge in [0.15, 0.2) is 21.6 Å². The van der Waals surface area contributed by atoms with Gasteiger partial charge in [0.2, 0.25) is 5.13 Å². The number of amides is 1. The molecule has 0 saturated carbocycles. The van der Waals surface area contributed by atoms with Crippen LogP contribution in [0, 0.1) is 6.92 Å². The quantitative estimate of drug-likeness (QED) is 0.0488. The monoisotopic (exact) mass is 689 g/mol. The molecule has 7 rings (SSSR count). The van der Waals surface area contributed by atoms with Crippen molar-refractivity contribution in [1.82, 2.24) is 19.6 Å². The summed E-state index contributed by atoms with van der Waals surface area (Å²) in [5.74, 6) is -0.413. The van der Waals surface area contributed by atoms with E-state index >= 15 is 0 Å². The summed E-state index contributed by atoms with van der Waals surface area (Å²) in [6.07, 6.45) is 1.75. The van der Waals surface area contributed by atoms with E-state index in [1.54, 1.807) is 47.9 Å². The Morgan fingerprint density at radius 2 is 1.63 bits per heavy atom. The van der Waals surface area contributed by atoms with E-state index < -0.39 is 17.7 Å². The van der Waals surface area contributed by atoms with Crippen LogP contribution in [0.5, 0.6) is 11.5 Å². The van der Waals surface area contributed by atoms with E-state index in [4.69, 9.17) is 9.47 Å². The molecule has 0 aliphatic carbocycles. The number of carbonyl (C=O) groups excluding carboxylic acids is 2. The lowest BCUT2D eigenvalue weighted by Gasteiger charge is -2.23. The fourth-order valence-corrected chi connectivity index (χ4v) is 7.59. The number of pyridine rings is 1. The van der Waals surface area contributed by atoms with Crippen LogP contribution in [0.4, 0.5) is 5.13 Å². The Hall–Kier alpha value is -5.46. The predicted octanol–water partition coefficient (Wildman–Crippen LogP) is 7.39. The van der Waals surface area contributed by atoms with Gasteiger partial charge in [0.1, 0.15) is 17.9 Å². The number of carbonyl (C=O) groups is 2. The zero-order valence-electron chi connectivity index (χ0n) is 26.6. The molecule has 1 N–H and O–H groups in total. The third-order valence-corrected chi connectivity index (χ3v) is 10.1. The second-order valence-corrected chi connectivity index (χ2v) is 13.4. The molecule has 0 bridgehead atoms. The minimum atomic E-state index is -1.05. The fraction of sp³-hybridized carbons (Fsp3) is 0.162. The number of benzene rings is 3. The van der Waals surface area contributed by atoms with E-state index in [9.17, 15) is 14.7 Å². The van der Waals surface area contributed by atoms with Gasteiger partial charge in [0.25, 0.3) is 5.78 Å². The van der Waals surface area contributed by atoms with Gasteiger partial charge in [-0.25, -0.2) is 4.98 Å². The third kappa shape index (κ3) is 6.40. The highest BCUT2D eigenvalue weighted by atomic mass is 32.2. The normalized spacial score (nSPS) is 15.6. The van der Waals surface area contributed by atoms with Gasteiger partial charge < -0.3 is 14.6 Å². The zero-order valence-corrected chi connectivity index (χ0v) is 28.3. The number of hydrogen-bond donors (Lipinski definition) is 1. The Bertz CT molecular complexity index is 2180. The van der Waals surface area contributed by atoms with Crippen LogP contribution in [0.3, 0.4) is 0 Å². The lowest BCUT2D eigenvalue weighted by Crippen LogP contribution is -2.29. The van der Waals surface area contributed by atoms with Gasteiger partial charge in [0.05, 0.1) is 23.9 Å². The number of aliphatic hydroxyl groups is 1. The highest BCUT2D eigenvalue weighted by Crippen LogP contribution is 2.46. The smallest absolute Gasteiger partial charge is 0.301 e. The number of aryl methyl sites for hydroxylation is 1. The SMILES string of the molecule is CCOc1cc(C2C(=C(O)c3c(C)nc4ccccn34)C(=O)C(=O)N2c2nnc(SCc3ccccc3)s2)ccc1OCc1ccccc1. The van der Waals surface area contributed by atoms with Gasteiger partial charge in [-0.1, -0.05) is 95.9 Å². The number of nitrogens with zero attached hydrogens (tertiary/aromatic N) is 5. The fourth-order valence-electron chi connectivity index (χ4n) is 5.77. The molecule has 246 valence electrons. The molecule has 1 saturated heterocycles. The number of thioether (sulfide) groups is 1. The van der Waals surface area contributed by atoms with Crippen LogP contribution in [-0.2, 0) is 21.9 Å². The predicted molar refractivity (Wildman–Crippen MR) is 189 cm³/mol. The lowest BCUT2D eigenvalue weighted by molar-refractivity contribution is -0.132. The number of ether oxygens (including phenoxy) is 2. The first-order chi connectivity index (χ1) is 23.9. The van der Waals surface area contributed by atoms with Gasteiger partial charge in [0, 0.05) is 11.9 Å². The summed E-state index contributed by atoms with van der Waals surface area (Å²) < 4.78 is 14.5. The molecule has 0 radical (unpaired) electrons. The number of Topliss-reactive ketones (excluding diaryl/α,β-unsaturated/α-hetero) is 1. The number of rotatable bonds is 11. The molecule has 12 heteroatoms. The number of ketones is 1. The number of aromatic nitrogens is 4. The number of anilines is 1. The van der Waals surface area contributed by atoms with Crippen molar-refractivity contribution in [3.8, 4) is 11.5 Å². The van der Waals surface area contributed by atoms with E-state index in [0.29, 0.717) is 57.4 Å². The molecule has 1 aliphatic rings. The largest absolute Gasteiger partial charge is 0.505 e. The Morgan fingerprint density at radius 3 is 2.39 bits per heavy atom. The molecule has 1 unspecified atom stereocenters. The highest BCUT2D eigenvalue weighted by molar-refractivity contribution is 8.00. The Kier molecular flexibility index (Phi) is 9.14. The van der Waals surface area contributed by atoms with Gasteiger partial charge in [-0.2, -0.15) is 0 Å². The first-order valence-corrected chi connectivity index (χ1v) is 17.4. The van der Waals surface area contributed by atoms with Crippen LogP contribution in [-0.4, -0.2) is 43.0 Å². The van der Waals surface area contributed by atoms with E-state index in [2.05, 4.69) is 15.2 Å². The summed E-state index contributed by atoms with van der Waals surface area (Å²) in [7, 11) is 0. The van der Waals surface area contributed by atoms with Crippen molar-refractivity contribution in [1.29, 1.82) is 0 Å². The topological polar surface area (TPSA) is 119 Å². The van der Waals surface area contributed by atoms with E-state index in [0.717, 1.165) is 11.1 Å². The summed E-state index contributed by atoms with van der Waals surface area (Å²) in [5, 5.41) is 20.9. The number of aliphatic hydroxyl groups excluding tert-OH is 1. The first-order valence-electron chi connectivity index (χ1n) is 15.6. The molecular weight excluding hydrogens is 659 g/mol. The molecule has 1 aliphatic heterocycles. The van der Waals surface area contributed by atoms with Gasteiger partial charge in [-0.05, 0) is 54.8 Å². The van der Waals surface area contributed by atoms with Crippen LogP contribution in [0.1, 0.15) is 41.0 Å². The van der Waals surface area contributed by atoms with Crippen LogP contribution in [0.15, 0.2) is 113 Å². The third-order valence-electron chi connectivity index (χ3n) is 8.00. The van der Waals surface area contributed by atoms with E-state index in [1.165, 1.54) is 28.0 Å².